The zero-order valence-corrected chi connectivity index (χ0v) is 15.2. The highest BCUT2D eigenvalue weighted by Gasteiger charge is 2.07. The molecule has 0 aromatic heterocycles. The summed E-state index contributed by atoms with van der Waals surface area (Å²) in [5, 5.41) is 0.0537. The lowest BCUT2D eigenvalue weighted by Crippen LogP contribution is -1.87. The van der Waals surface area contributed by atoms with Crippen LogP contribution in [0.1, 0.15) is 25.0 Å². The van der Waals surface area contributed by atoms with Crippen LogP contribution in [0.15, 0.2) is 72.8 Å². The molecule has 4 heteroatoms. The summed E-state index contributed by atoms with van der Waals surface area (Å²) >= 11 is 2.38. The molecule has 0 unspecified atom stereocenters. The molecule has 0 heterocycles. The minimum absolute atomic E-state index is 0.0268. The topological polar surface area (TPSA) is 34.1 Å². The molecule has 2 aromatic carbocycles. The minimum Gasteiger partial charge on any atom is -0.287 e. The Balaban J connectivity index is 2.42. The Bertz CT molecular complexity index is 695. The van der Waals surface area contributed by atoms with Gasteiger partial charge in [0, 0.05) is 23.7 Å². The number of benzene rings is 2. The summed E-state index contributed by atoms with van der Waals surface area (Å²) in [6, 6.07) is 19.5. The molecule has 0 fully saturated rings. The van der Waals surface area contributed by atoms with E-state index in [9.17, 15) is 9.59 Å². The molecule has 0 spiro atoms. The molecule has 0 amide bonds. The summed E-state index contributed by atoms with van der Waals surface area (Å²) in [6.07, 6.45) is 3.80. The van der Waals surface area contributed by atoms with Crippen molar-refractivity contribution in [2.75, 3.05) is 0 Å². The van der Waals surface area contributed by atoms with E-state index in [2.05, 4.69) is 0 Å². The van der Waals surface area contributed by atoms with Gasteiger partial charge in [0.25, 0.3) is 0 Å². The molecular formula is C20H18O2S2. The van der Waals surface area contributed by atoms with Gasteiger partial charge in [0.05, 0.1) is 0 Å². The maximum atomic E-state index is 11.6. The van der Waals surface area contributed by atoms with Crippen LogP contribution in [0.4, 0.5) is 0 Å². The number of allylic oxidation sites excluding steroid dienone is 2. The Hall–Kier alpha value is -2.04. The van der Waals surface area contributed by atoms with Gasteiger partial charge in [-0.3, -0.25) is 9.59 Å². The normalized spacial score (nSPS) is 12.1. The maximum absolute atomic E-state index is 11.6. The third-order valence-electron chi connectivity index (χ3n) is 3.01. The number of carbonyl (C=O) groups excluding carboxylic acids is 2. The first kappa shape index (κ1) is 18.3. The Labute approximate surface area is 151 Å². The average molecular weight is 354 g/mol. The summed E-state index contributed by atoms with van der Waals surface area (Å²) < 4.78 is 0. The van der Waals surface area contributed by atoms with Gasteiger partial charge in [-0.1, -0.05) is 84.2 Å². The van der Waals surface area contributed by atoms with Crippen LogP contribution in [-0.4, -0.2) is 10.2 Å². The standard InChI is InChI=1S/C20H18O2S2/c1-15(21)23-19(17-9-5-3-6-10-17)13-14-20(24-16(2)22)18-11-7-4-8-12-18/h3-14H,1-2H3. The number of carbonyl (C=O) groups is 2. The lowest BCUT2D eigenvalue weighted by molar-refractivity contribution is -0.109. The lowest BCUT2D eigenvalue weighted by atomic mass is 10.2. The van der Waals surface area contributed by atoms with Crippen molar-refractivity contribution in [3.8, 4) is 0 Å². The molecule has 2 nitrogen and oxygen atoms in total. The Morgan fingerprint density at radius 2 is 1.00 bits per heavy atom. The van der Waals surface area contributed by atoms with Crippen LogP contribution < -0.4 is 0 Å². The maximum Gasteiger partial charge on any atom is 0.190 e. The molecular weight excluding hydrogens is 336 g/mol. The lowest BCUT2D eigenvalue weighted by Gasteiger charge is -2.06. The first-order valence-corrected chi connectivity index (χ1v) is 9.09. The quantitative estimate of drug-likeness (QED) is 0.652. The highest BCUT2D eigenvalue weighted by atomic mass is 32.2. The molecule has 0 N–H and O–H groups in total. The van der Waals surface area contributed by atoms with Gasteiger partial charge in [0.15, 0.2) is 10.2 Å². The van der Waals surface area contributed by atoms with Crippen LogP contribution >= 0.6 is 23.5 Å². The van der Waals surface area contributed by atoms with Gasteiger partial charge < -0.3 is 0 Å². The van der Waals surface area contributed by atoms with Crippen molar-refractivity contribution in [1.82, 2.24) is 0 Å². The fourth-order valence-corrected chi connectivity index (χ4v) is 3.44. The molecule has 0 saturated heterocycles. The van der Waals surface area contributed by atoms with E-state index in [0.717, 1.165) is 20.9 Å². The molecule has 24 heavy (non-hydrogen) atoms. The van der Waals surface area contributed by atoms with Crippen LogP contribution in [0.2, 0.25) is 0 Å². The second-order valence-corrected chi connectivity index (χ2v) is 7.42. The molecule has 2 aromatic rings. The van der Waals surface area contributed by atoms with Crippen molar-refractivity contribution in [3.63, 3.8) is 0 Å². The Morgan fingerprint density at radius 1 is 0.667 bits per heavy atom. The highest BCUT2D eigenvalue weighted by Crippen LogP contribution is 2.32. The summed E-state index contributed by atoms with van der Waals surface area (Å²) in [7, 11) is 0. The number of hydrogen-bond donors (Lipinski definition) is 0. The summed E-state index contributed by atoms with van der Waals surface area (Å²) in [5.41, 5.74) is 1.96. The van der Waals surface area contributed by atoms with Gasteiger partial charge in [-0.15, -0.1) is 0 Å². The molecule has 0 aliphatic rings. The largest absolute Gasteiger partial charge is 0.287 e. The fraction of sp³-hybridized carbons (Fsp3) is 0.100. The molecule has 122 valence electrons. The SMILES string of the molecule is CC(=O)SC(=CC=C(SC(C)=O)c1ccccc1)c1ccccc1. The van der Waals surface area contributed by atoms with E-state index in [-0.39, 0.29) is 10.2 Å². The number of thioether (sulfide) groups is 2. The van der Waals surface area contributed by atoms with Crippen molar-refractivity contribution >= 4 is 43.6 Å². The first-order chi connectivity index (χ1) is 11.6. The second-order valence-electron chi connectivity index (χ2n) is 4.98. The van der Waals surface area contributed by atoms with Gasteiger partial charge in [-0.05, 0) is 23.3 Å². The van der Waals surface area contributed by atoms with Crippen molar-refractivity contribution in [3.05, 3.63) is 83.9 Å². The van der Waals surface area contributed by atoms with Crippen LogP contribution in [0.25, 0.3) is 9.81 Å². The minimum atomic E-state index is 0.0268. The number of hydrogen-bond acceptors (Lipinski definition) is 4. The highest BCUT2D eigenvalue weighted by molar-refractivity contribution is 8.21. The van der Waals surface area contributed by atoms with Gasteiger partial charge in [-0.25, -0.2) is 0 Å². The van der Waals surface area contributed by atoms with Crippen molar-refractivity contribution in [2.24, 2.45) is 0 Å². The van der Waals surface area contributed by atoms with Crippen molar-refractivity contribution < 1.29 is 9.59 Å². The molecule has 0 bridgehead atoms. The van der Waals surface area contributed by atoms with Crippen LogP contribution in [0, 0.1) is 0 Å². The average Bonchev–Trinajstić information content (AvgIpc) is 2.58. The van der Waals surface area contributed by atoms with E-state index >= 15 is 0 Å². The van der Waals surface area contributed by atoms with Gasteiger partial charge in [0.1, 0.15) is 0 Å². The summed E-state index contributed by atoms with van der Waals surface area (Å²) in [6.45, 7) is 3.10. The van der Waals surface area contributed by atoms with E-state index in [1.54, 1.807) is 13.8 Å². The zero-order valence-electron chi connectivity index (χ0n) is 13.6. The van der Waals surface area contributed by atoms with Gasteiger partial charge >= 0.3 is 0 Å². The molecule has 0 atom stereocenters. The van der Waals surface area contributed by atoms with E-state index < -0.39 is 0 Å². The van der Waals surface area contributed by atoms with Crippen molar-refractivity contribution in [1.29, 1.82) is 0 Å². The third-order valence-corrected chi connectivity index (χ3v) is 4.77. The predicted octanol–water partition coefficient (Wildman–Crippen LogP) is 5.63. The van der Waals surface area contributed by atoms with E-state index in [4.69, 9.17) is 0 Å². The van der Waals surface area contributed by atoms with E-state index in [1.165, 1.54) is 23.5 Å². The number of rotatable bonds is 5. The Kier molecular flexibility index (Phi) is 7.09. The van der Waals surface area contributed by atoms with Crippen LogP contribution in [0.3, 0.4) is 0 Å². The molecule has 2 rings (SSSR count). The monoisotopic (exact) mass is 354 g/mol. The first-order valence-electron chi connectivity index (χ1n) is 7.46. The summed E-state index contributed by atoms with van der Waals surface area (Å²) in [5.74, 6) is 0. The smallest absolute Gasteiger partial charge is 0.190 e. The zero-order chi connectivity index (χ0) is 17.4. The van der Waals surface area contributed by atoms with Crippen LogP contribution in [0.5, 0.6) is 0 Å². The molecule has 0 aliphatic carbocycles. The molecule has 0 saturated carbocycles. The fourth-order valence-electron chi connectivity index (χ4n) is 2.04. The second kappa shape index (κ2) is 9.30. The van der Waals surface area contributed by atoms with E-state index in [1.807, 2.05) is 72.8 Å². The van der Waals surface area contributed by atoms with Crippen molar-refractivity contribution in [2.45, 2.75) is 13.8 Å². The van der Waals surface area contributed by atoms with E-state index in [0.29, 0.717) is 0 Å². The third kappa shape index (κ3) is 5.87. The van der Waals surface area contributed by atoms with Gasteiger partial charge in [0.2, 0.25) is 0 Å². The molecule has 0 radical (unpaired) electrons. The molecule has 0 aliphatic heterocycles. The van der Waals surface area contributed by atoms with Gasteiger partial charge in [-0.2, -0.15) is 0 Å². The van der Waals surface area contributed by atoms with Crippen LogP contribution in [-0.2, 0) is 9.59 Å². The predicted molar refractivity (Wildman–Crippen MR) is 105 cm³/mol. The Morgan fingerprint density at radius 3 is 1.29 bits per heavy atom. The summed E-state index contributed by atoms with van der Waals surface area (Å²) in [4.78, 5) is 24.8.